The Bertz CT molecular complexity index is 341. The van der Waals surface area contributed by atoms with E-state index < -0.39 is 0 Å². The van der Waals surface area contributed by atoms with E-state index in [0.717, 1.165) is 18.9 Å². The van der Waals surface area contributed by atoms with Gasteiger partial charge in [0.05, 0.1) is 18.2 Å². The first-order valence-corrected chi connectivity index (χ1v) is 8.20. The van der Waals surface area contributed by atoms with E-state index in [1.165, 1.54) is 51.7 Å². The number of hydrogen-bond acceptors (Lipinski definition) is 3. The third-order valence-electron chi connectivity index (χ3n) is 4.79. The summed E-state index contributed by atoms with van der Waals surface area (Å²) in [5, 5.41) is 6.96. The molecule has 5 heteroatoms. The lowest BCUT2D eigenvalue weighted by molar-refractivity contribution is 0.0992. The van der Waals surface area contributed by atoms with Gasteiger partial charge in [-0.3, -0.25) is 4.99 Å². The van der Waals surface area contributed by atoms with Gasteiger partial charge < -0.3 is 20.3 Å². The summed E-state index contributed by atoms with van der Waals surface area (Å²) in [5.74, 6) is 0.938. The van der Waals surface area contributed by atoms with E-state index in [4.69, 9.17) is 4.74 Å². The van der Waals surface area contributed by atoms with E-state index in [-0.39, 0.29) is 0 Å². The van der Waals surface area contributed by atoms with Gasteiger partial charge in [-0.25, -0.2) is 0 Å². The number of hydrogen-bond donors (Lipinski definition) is 2. The van der Waals surface area contributed by atoms with Crippen LogP contribution < -0.4 is 10.6 Å². The maximum atomic E-state index is 5.87. The van der Waals surface area contributed by atoms with Crippen LogP contribution in [0.5, 0.6) is 0 Å². The maximum absolute atomic E-state index is 5.87. The quantitative estimate of drug-likeness (QED) is 0.447. The molecule has 0 saturated carbocycles. The van der Waals surface area contributed by atoms with Crippen LogP contribution in [0.15, 0.2) is 4.99 Å². The Kier molecular flexibility index (Phi) is 4.78. The van der Waals surface area contributed by atoms with E-state index in [1.54, 1.807) is 0 Å². The molecule has 0 aromatic carbocycles. The first kappa shape index (κ1) is 14.1. The second kappa shape index (κ2) is 6.76. The molecule has 3 atom stereocenters. The zero-order valence-corrected chi connectivity index (χ0v) is 12.6. The molecule has 2 N–H and O–H groups in total. The number of fused-ring (bicyclic) bond motifs is 2. The number of nitrogens with one attached hydrogen (secondary N) is 2. The van der Waals surface area contributed by atoms with Crippen molar-refractivity contribution in [2.75, 3.05) is 33.2 Å². The minimum atomic E-state index is 0.406. The average molecular weight is 280 g/mol. The van der Waals surface area contributed by atoms with Crippen molar-refractivity contribution >= 4 is 5.96 Å². The summed E-state index contributed by atoms with van der Waals surface area (Å²) in [4.78, 5) is 6.89. The van der Waals surface area contributed by atoms with Crippen molar-refractivity contribution in [2.45, 2.75) is 56.8 Å². The number of nitrogens with zero attached hydrogens (tertiary/aromatic N) is 2. The summed E-state index contributed by atoms with van der Waals surface area (Å²) in [6, 6.07) is 0.457. The van der Waals surface area contributed by atoms with Crippen molar-refractivity contribution < 1.29 is 4.74 Å². The number of guanidine groups is 1. The van der Waals surface area contributed by atoms with Crippen molar-refractivity contribution in [3.63, 3.8) is 0 Å². The smallest absolute Gasteiger partial charge is 0.191 e. The molecule has 5 nitrogen and oxygen atoms in total. The Morgan fingerprint density at radius 2 is 2.15 bits per heavy atom. The highest BCUT2D eigenvalue weighted by atomic mass is 16.5. The SMILES string of the molecule is CN=C(NCCCN1CCCC1)NC1CC2CCC1O2. The molecular weight excluding hydrogens is 252 g/mol. The zero-order chi connectivity index (χ0) is 13.8. The molecule has 0 radical (unpaired) electrons. The molecule has 3 heterocycles. The van der Waals surface area contributed by atoms with E-state index >= 15 is 0 Å². The van der Waals surface area contributed by atoms with Crippen LogP contribution in [0.25, 0.3) is 0 Å². The Morgan fingerprint density at radius 1 is 1.30 bits per heavy atom. The van der Waals surface area contributed by atoms with Gasteiger partial charge >= 0.3 is 0 Å². The van der Waals surface area contributed by atoms with Gasteiger partial charge in [0.1, 0.15) is 0 Å². The molecule has 0 aromatic heterocycles. The molecule has 0 aromatic rings. The first-order chi connectivity index (χ1) is 9.85. The Labute approximate surface area is 122 Å². The van der Waals surface area contributed by atoms with Crippen molar-refractivity contribution in [1.82, 2.24) is 15.5 Å². The predicted molar refractivity (Wildman–Crippen MR) is 81.1 cm³/mol. The molecule has 3 saturated heterocycles. The van der Waals surface area contributed by atoms with Gasteiger partial charge in [-0.15, -0.1) is 0 Å². The van der Waals surface area contributed by atoms with E-state index in [0.29, 0.717) is 18.2 Å². The fourth-order valence-corrected chi connectivity index (χ4v) is 3.68. The molecular formula is C15H28N4O. The summed E-state index contributed by atoms with van der Waals surface area (Å²) < 4.78 is 5.87. The summed E-state index contributed by atoms with van der Waals surface area (Å²) in [6.45, 7) is 4.78. The molecule has 114 valence electrons. The topological polar surface area (TPSA) is 48.9 Å². The van der Waals surface area contributed by atoms with Crippen LogP contribution in [0.3, 0.4) is 0 Å². The van der Waals surface area contributed by atoms with Gasteiger partial charge in [-0.1, -0.05) is 0 Å². The maximum Gasteiger partial charge on any atom is 0.191 e. The van der Waals surface area contributed by atoms with Crippen LogP contribution >= 0.6 is 0 Å². The lowest BCUT2D eigenvalue weighted by atomic mass is 9.96. The number of aliphatic imine (C=N–C) groups is 1. The fraction of sp³-hybridized carbons (Fsp3) is 0.933. The fourth-order valence-electron chi connectivity index (χ4n) is 3.68. The molecule has 20 heavy (non-hydrogen) atoms. The van der Waals surface area contributed by atoms with Gasteiger partial charge in [0, 0.05) is 13.6 Å². The molecule has 3 unspecified atom stereocenters. The van der Waals surface area contributed by atoms with Crippen molar-refractivity contribution in [2.24, 2.45) is 4.99 Å². The van der Waals surface area contributed by atoms with E-state index in [2.05, 4.69) is 20.5 Å². The number of likely N-dealkylation sites (tertiary alicyclic amines) is 1. The third kappa shape index (κ3) is 3.44. The van der Waals surface area contributed by atoms with Gasteiger partial charge in [0.15, 0.2) is 5.96 Å². The summed E-state index contributed by atoms with van der Waals surface area (Å²) in [7, 11) is 1.85. The number of ether oxygens (including phenoxy) is 1. The van der Waals surface area contributed by atoms with E-state index in [1.807, 2.05) is 7.05 Å². The van der Waals surface area contributed by atoms with Gasteiger partial charge in [-0.2, -0.15) is 0 Å². The molecule has 3 aliphatic rings. The zero-order valence-electron chi connectivity index (χ0n) is 12.6. The third-order valence-corrected chi connectivity index (χ3v) is 4.79. The van der Waals surface area contributed by atoms with Crippen molar-refractivity contribution in [3.8, 4) is 0 Å². The average Bonchev–Trinajstić information content (AvgIpc) is 3.19. The molecule has 0 amide bonds. The van der Waals surface area contributed by atoms with E-state index in [9.17, 15) is 0 Å². The summed E-state index contributed by atoms with van der Waals surface area (Å²) in [5.41, 5.74) is 0. The summed E-state index contributed by atoms with van der Waals surface area (Å²) in [6.07, 6.45) is 8.42. The van der Waals surface area contributed by atoms with Crippen molar-refractivity contribution in [3.05, 3.63) is 0 Å². The highest BCUT2D eigenvalue weighted by Crippen LogP contribution is 2.34. The molecule has 0 aliphatic carbocycles. The molecule has 3 rings (SSSR count). The number of rotatable bonds is 5. The van der Waals surface area contributed by atoms with Crippen LogP contribution in [-0.2, 0) is 4.74 Å². The predicted octanol–water partition coefficient (Wildman–Crippen LogP) is 0.957. The van der Waals surface area contributed by atoms with Crippen LogP contribution in [0.4, 0.5) is 0 Å². The van der Waals surface area contributed by atoms with Crippen molar-refractivity contribution in [1.29, 1.82) is 0 Å². The minimum Gasteiger partial charge on any atom is -0.373 e. The Morgan fingerprint density at radius 3 is 2.80 bits per heavy atom. The standard InChI is InChI=1S/C15H28N4O/c1-16-15(17-7-4-10-19-8-2-3-9-19)18-13-11-12-5-6-14(13)20-12/h12-14H,2-11H2,1H3,(H2,16,17,18). The lowest BCUT2D eigenvalue weighted by Gasteiger charge is -2.23. The molecule has 3 fully saturated rings. The summed E-state index contributed by atoms with van der Waals surface area (Å²) >= 11 is 0. The lowest BCUT2D eigenvalue weighted by Crippen LogP contribution is -2.47. The van der Waals surface area contributed by atoms with Crippen LogP contribution in [0.2, 0.25) is 0 Å². The highest BCUT2D eigenvalue weighted by molar-refractivity contribution is 5.80. The molecule has 2 bridgehead atoms. The normalized spacial score (nSPS) is 33.9. The van der Waals surface area contributed by atoms with Crippen LogP contribution in [0, 0.1) is 0 Å². The van der Waals surface area contributed by atoms with Crippen LogP contribution in [-0.4, -0.2) is 62.3 Å². The second-order valence-electron chi connectivity index (χ2n) is 6.26. The molecule has 0 spiro atoms. The first-order valence-electron chi connectivity index (χ1n) is 8.20. The van der Waals surface area contributed by atoms with Gasteiger partial charge in [0.2, 0.25) is 0 Å². The highest BCUT2D eigenvalue weighted by Gasteiger charge is 2.41. The van der Waals surface area contributed by atoms with Crippen LogP contribution in [0.1, 0.15) is 38.5 Å². The Balaban J connectivity index is 1.33. The monoisotopic (exact) mass is 280 g/mol. The second-order valence-corrected chi connectivity index (χ2v) is 6.26. The molecule has 3 aliphatic heterocycles. The van der Waals surface area contributed by atoms with Gasteiger partial charge in [-0.05, 0) is 58.2 Å². The minimum absolute atomic E-state index is 0.406. The van der Waals surface area contributed by atoms with Gasteiger partial charge in [0.25, 0.3) is 0 Å². The largest absolute Gasteiger partial charge is 0.373 e. The Hall–Kier alpha value is -0.810.